The molecule has 1 aromatic heterocycles. The zero-order chi connectivity index (χ0) is 14.1. The van der Waals surface area contributed by atoms with Crippen molar-refractivity contribution in [2.45, 2.75) is 19.8 Å². The van der Waals surface area contributed by atoms with Gasteiger partial charge in [-0.1, -0.05) is 13.3 Å². The van der Waals surface area contributed by atoms with E-state index in [1.165, 1.54) is 0 Å². The van der Waals surface area contributed by atoms with Gasteiger partial charge in [0.05, 0.1) is 11.5 Å². The molecular weight excluding hydrogens is 252 g/mol. The lowest BCUT2D eigenvalue weighted by molar-refractivity contribution is -0.384. The Labute approximate surface area is 110 Å². The van der Waals surface area contributed by atoms with Crippen LogP contribution in [0.15, 0.2) is 6.20 Å². The number of ether oxygens (including phenoxy) is 1. The number of rotatable bonds is 9. The first-order valence-corrected chi connectivity index (χ1v) is 5.98. The number of aromatic nitrogens is 2. The van der Waals surface area contributed by atoms with Crippen LogP contribution in [0.5, 0.6) is 0 Å². The summed E-state index contributed by atoms with van der Waals surface area (Å²) in [5.74, 6) is 5.39. The molecule has 0 saturated heterocycles. The van der Waals surface area contributed by atoms with Crippen LogP contribution in [0.2, 0.25) is 0 Å². The van der Waals surface area contributed by atoms with Gasteiger partial charge in [0, 0.05) is 13.2 Å². The lowest BCUT2D eigenvalue weighted by atomic mass is 10.4. The third kappa shape index (κ3) is 5.02. The summed E-state index contributed by atoms with van der Waals surface area (Å²) in [5, 5.41) is 13.6. The minimum absolute atomic E-state index is 0.111. The number of nitro groups is 1. The number of hydrazine groups is 1. The minimum atomic E-state index is -0.555. The van der Waals surface area contributed by atoms with E-state index in [1.54, 1.807) is 0 Å². The molecule has 1 rings (SSSR count). The summed E-state index contributed by atoms with van der Waals surface area (Å²) in [6, 6.07) is 0. The number of hydrogen-bond donors (Lipinski definition) is 3. The fourth-order valence-corrected chi connectivity index (χ4v) is 1.30. The standard InChI is InChI=1S/C10H18N6O3/c1-2-3-5-19-6-4-12-9-8(16(17)18)7-13-10(14-9)15-11/h7H,2-6,11H2,1H3,(H2,12,13,14,15). The van der Waals surface area contributed by atoms with Gasteiger partial charge in [-0.05, 0) is 6.42 Å². The van der Waals surface area contributed by atoms with Crippen molar-refractivity contribution in [3.8, 4) is 0 Å². The van der Waals surface area contributed by atoms with Crippen molar-refractivity contribution in [2.24, 2.45) is 5.84 Å². The number of unbranched alkanes of at least 4 members (excludes halogenated alkanes) is 1. The van der Waals surface area contributed by atoms with E-state index < -0.39 is 4.92 Å². The van der Waals surface area contributed by atoms with Gasteiger partial charge >= 0.3 is 5.69 Å². The van der Waals surface area contributed by atoms with E-state index >= 15 is 0 Å². The normalized spacial score (nSPS) is 10.2. The topological polar surface area (TPSA) is 128 Å². The summed E-state index contributed by atoms with van der Waals surface area (Å²) < 4.78 is 5.34. The average Bonchev–Trinajstić information content (AvgIpc) is 2.42. The van der Waals surface area contributed by atoms with Crippen LogP contribution in [-0.2, 0) is 4.74 Å². The molecular formula is C10H18N6O3. The Hall–Kier alpha value is -2.00. The summed E-state index contributed by atoms with van der Waals surface area (Å²) in [7, 11) is 0. The van der Waals surface area contributed by atoms with Crippen LogP contribution in [-0.4, -0.2) is 34.6 Å². The summed E-state index contributed by atoms with van der Waals surface area (Å²) in [4.78, 5) is 17.8. The Kier molecular flexibility index (Phi) is 6.47. The first-order valence-electron chi connectivity index (χ1n) is 5.98. The molecule has 0 aliphatic carbocycles. The smallest absolute Gasteiger partial charge is 0.329 e. The van der Waals surface area contributed by atoms with Crippen LogP contribution in [0.4, 0.5) is 17.5 Å². The number of nitrogens with one attached hydrogen (secondary N) is 2. The van der Waals surface area contributed by atoms with Gasteiger partial charge in [0.15, 0.2) is 0 Å². The first-order chi connectivity index (χ1) is 9.19. The Morgan fingerprint density at radius 3 is 2.95 bits per heavy atom. The first kappa shape index (κ1) is 15.1. The molecule has 0 radical (unpaired) electrons. The largest absolute Gasteiger partial charge is 0.380 e. The molecule has 9 heteroatoms. The van der Waals surface area contributed by atoms with Crippen molar-refractivity contribution in [3.05, 3.63) is 16.3 Å². The van der Waals surface area contributed by atoms with Crippen molar-refractivity contribution in [3.63, 3.8) is 0 Å². The quantitative estimate of drug-likeness (QED) is 0.261. The van der Waals surface area contributed by atoms with Crippen LogP contribution in [0.1, 0.15) is 19.8 Å². The maximum atomic E-state index is 10.8. The summed E-state index contributed by atoms with van der Waals surface area (Å²) in [6.45, 7) is 3.63. The van der Waals surface area contributed by atoms with Crippen LogP contribution in [0, 0.1) is 10.1 Å². The number of anilines is 2. The molecule has 0 amide bonds. The van der Waals surface area contributed by atoms with Crippen molar-refractivity contribution >= 4 is 17.5 Å². The van der Waals surface area contributed by atoms with Crippen molar-refractivity contribution in [1.82, 2.24) is 9.97 Å². The van der Waals surface area contributed by atoms with Gasteiger partial charge in [-0.3, -0.25) is 15.5 Å². The van der Waals surface area contributed by atoms with Crippen LogP contribution >= 0.6 is 0 Å². The zero-order valence-electron chi connectivity index (χ0n) is 10.8. The van der Waals surface area contributed by atoms with Gasteiger partial charge in [-0.2, -0.15) is 4.98 Å². The summed E-state index contributed by atoms with van der Waals surface area (Å²) in [6.07, 6.45) is 3.16. The summed E-state index contributed by atoms with van der Waals surface area (Å²) in [5.41, 5.74) is 2.03. The zero-order valence-corrected chi connectivity index (χ0v) is 10.8. The Balaban J connectivity index is 2.52. The molecule has 0 aliphatic heterocycles. The Morgan fingerprint density at radius 1 is 1.53 bits per heavy atom. The van der Waals surface area contributed by atoms with Crippen LogP contribution in [0.3, 0.4) is 0 Å². The predicted molar refractivity (Wildman–Crippen MR) is 70.7 cm³/mol. The SMILES string of the molecule is CCCCOCCNc1nc(NN)ncc1[N+](=O)[O-]. The fraction of sp³-hybridized carbons (Fsp3) is 0.600. The van der Waals surface area contributed by atoms with Crippen LogP contribution < -0.4 is 16.6 Å². The molecule has 0 aromatic carbocycles. The Bertz CT molecular complexity index is 414. The maximum absolute atomic E-state index is 10.8. The second kappa shape index (κ2) is 8.16. The third-order valence-electron chi connectivity index (χ3n) is 2.28. The van der Waals surface area contributed by atoms with Gasteiger partial charge in [0.2, 0.25) is 11.8 Å². The van der Waals surface area contributed by atoms with E-state index in [1.807, 2.05) is 0 Å². The van der Waals surface area contributed by atoms with Gasteiger partial charge in [0.25, 0.3) is 0 Å². The van der Waals surface area contributed by atoms with Crippen molar-refractivity contribution in [2.75, 3.05) is 30.5 Å². The lowest BCUT2D eigenvalue weighted by Gasteiger charge is -2.07. The monoisotopic (exact) mass is 270 g/mol. The number of hydrogen-bond acceptors (Lipinski definition) is 8. The molecule has 1 heterocycles. The number of nitrogens with zero attached hydrogens (tertiary/aromatic N) is 3. The van der Waals surface area contributed by atoms with E-state index in [9.17, 15) is 10.1 Å². The molecule has 0 aliphatic rings. The molecule has 0 spiro atoms. The van der Waals surface area contributed by atoms with E-state index in [2.05, 4.69) is 27.6 Å². The molecule has 0 bridgehead atoms. The molecule has 9 nitrogen and oxygen atoms in total. The van der Waals surface area contributed by atoms with Crippen LogP contribution in [0.25, 0.3) is 0 Å². The highest BCUT2D eigenvalue weighted by atomic mass is 16.6. The van der Waals surface area contributed by atoms with Gasteiger partial charge < -0.3 is 10.1 Å². The lowest BCUT2D eigenvalue weighted by Crippen LogP contribution is -2.15. The molecule has 106 valence electrons. The molecule has 0 atom stereocenters. The van der Waals surface area contributed by atoms with Crippen molar-refractivity contribution in [1.29, 1.82) is 0 Å². The van der Waals surface area contributed by atoms with Crippen molar-refractivity contribution < 1.29 is 9.66 Å². The van der Waals surface area contributed by atoms with E-state index in [0.717, 1.165) is 19.0 Å². The predicted octanol–water partition coefficient (Wildman–Crippen LogP) is 0.899. The van der Waals surface area contributed by atoms with Gasteiger partial charge in [0.1, 0.15) is 6.20 Å². The highest BCUT2D eigenvalue weighted by molar-refractivity contribution is 5.56. The third-order valence-corrected chi connectivity index (χ3v) is 2.28. The van der Waals surface area contributed by atoms with E-state index in [4.69, 9.17) is 10.6 Å². The van der Waals surface area contributed by atoms with Gasteiger partial charge in [-0.15, -0.1) is 0 Å². The number of nitrogens with two attached hydrogens (primary N) is 1. The maximum Gasteiger partial charge on any atom is 0.329 e. The molecule has 0 fully saturated rings. The van der Waals surface area contributed by atoms with E-state index in [-0.39, 0.29) is 17.5 Å². The fourth-order valence-electron chi connectivity index (χ4n) is 1.30. The summed E-state index contributed by atoms with van der Waals surface area (Å²) >= 11 is 0. The molecule has 19 heavy (non-hydrogen) atoms. The van der Waals surface area contributed by atoms with E-state index in [0.29, 0.717) is 19.8 Å². The molecule has 0 saturated carbocycles. The highest BCUT2D eigenvalue weighted by Crippen LogP contribution is 2.21. The van der Waals surface area contributed by atoms with Gasteiger partial charge in [-0.25, -0.2) is 10.8 Å². The Morgan fingerprint density at radius 2 is 2.32 bits per heavy atom. The second-order valence-electron chi connectivity index (χ2n) is 3.72. The molecule has 1 aromatic rings. The molecule has 4 N–H and O–H groups in total. The molecule has 0 unspecified atom stereocenters. The highest BCUT2D eigenvalue weighted by Gasteiger charge is 2.16. The minimum Gasteiger partial charge on any atom is -0.380 e. The number of nitrogen functional groups attached to an aromatic ring is 1. The average molecular weight is 270 g/mol. The second-order valence-corrected chi connectivity index (χ2v) is 3.72.